The summed E-state index contributed by atoms with van der Waals surface area (Å²) in [5, 5.41) is 11.7. The van der Waals surface area contributed by atoms with Crippen LogP contribution in [0.5, 0.6) is 0 Å². The highest BCUT2D eigenvalue weighted by Gasteiger charge is 2.29. The zero-order valence-electron chi connectivity index (χ0n) is 16.8. The van der Waals surface area contributed by atoms with Gasteiger partial charge in [-0.3, -0.25) is 0 Å². The monoisotopic (exact) mass is 383 g/mol. The van der Waals surface area contributed by atoms with Crippen molar-refractivity contribution in [3.63, 3.8) is 0 Å². The van der Waals surface area contributed by atoms with Gasteiger partial charge in [0, 0.05) is 5.92 Å². The van der Waals surface area contributed by atoms with Crippen LogP contribution in [0.4, 0.5) is 4.79 Å². The Labute approximate surface area is 166 Å². The Bertz CT molecular complexity index is 757. The lowest BCUT2D eigenvalue weighted by molar-refractivity contribution is -0.139. The Morgan fingerprint density at radius 2 is 1.57 bits per heavy atom. The van der Waals surface area contributed by atoms with Crippen LogP contribution in [-0.4, -0.2) is 29.8 Å². The number of amides is 1. The number of aliphatic carboxylic acids is 1. The first-order valence-corrected chi connectivity index (χ1v) is 9.96. The van der Waals surface area contributed by atoms with Gasteiger partial charge >= 0.3 is 12.1 Å². The van der Waals surface area contributed by atoms with Gasteiger partial charge in [0.05, 0.1) is 0 Å². The summed E-state index contributed by atoms with van der Waals surface area (Å²) < 4.78 is 5.39. The van der Waals surface area contributed by atoms with Crippen LogP contribution in [-0.2, 0) is 9.53 Å². The molecular formula is C23H29NO4. The molecule has 150 valence electrons. The normalized spacial score (nSPS) is 12.8. The molecule has 0 heterocycles. The van der Waals surface area contributed by atoms with Crippen LogP contribution in [0.1, 0.15) is 57.1 Å². The molecule has 1 unspecified atom stereocenters. The van der Waals surface area contributed by atoms with Crippen LogP contribution in [0.15, 0.2) is 48.5 Å². The summed E-state index contributed by atoms with van der Waals surface area (Å²) in [4.78, 5) is 23.4. The molecule has 3 rings (SSSR count). The number of carboxylic acid groups (broad SMARTS) is 1. The zero-order chi connectivity index (χ0) is 20.5. The van der Waals surface area contributed by atoms with Gasteiger partial charge in [0.25, 0.3) is 0 Å². The van der Waals surface area contributed by atoms with E-state index in [2.05, 4.69) is 17.4 Å². The lowest BCUT2D eigenvalue weighted by atomic mass is 9.98. The van der Waals surface area contributed by atoms with Crippen molar-refractivity contribution in [3.05, 3.63) is 59.7 Å². The largest absolute Gasteiger partial charge is 0.480 e. The van der Waals surface area contributed by atoms with Gasteiger partial charge in [0.1, 0.15) is 12.6 Å². The van der Waals surface area contributed by atoms with Gasteiger partial charge in [-0.25, -0.2) is 9.59 Å². The number of alkyl carbamates (subject to hydrolysis) is 1. The van der Waals surface area contributed by atoms with Crippen molar-refractivity contribution in [2.45, 2.75) is 52.0 Å². The molecule has 1 amide bonds. The third-order valence-electron chi connectivity index (χ3n) is 4.78. The number of carbonyl (C=O) groups is 2. The summed E-state index contributed by atoms with van der Waals surface area (Å²) in [6, 6.07) is 15.3. The van der Waals surface area contributed by atoms with Crippen LogP contribution in [0.2, 0.25) is 0 Å². The number of rotatable bonds is 7. The molecule has 2 N–H and O–H groups in total. The molecule has 0 saturated heterocycles. The molecule has 1 aliphatic rings. The third kappa shape index (κ3) is 4.91. The number of hydrogen-bond donors (Lipinski definition) is 2. The van der Waals surface area contributed by atoms with Gasteiger partial charge in [0.2, 0.25) is 0 Å². The number of carboxylic acids is 1. The van der Waals surface area contributed by atoms with Crippen molar-refractivity contribution in [1.29, 1.82) is 0 Å². The number of benzene rings is 2. The van der Waals surface area contributed by atoms with Gasteiger partial charge < -0.3 is 15.2 Å². The van der Waals surface area contributed by atoms with E-state index in [9.17, 15) is 14.7 Å². The molecule has 0 aliphatic heterocycles. The van der Waals surface area contributed by atoms with Gasteiger partial charge in [-0.2, -0.15) is 0 Å². The lowest BCUT2D eigenvalue weighted by Gasteiger charge is -2.17. The van der Waals surface area contributed by atoms with E-state index < -0.39 is 18.1 Å². The second kappa shape index (κ2) is 10.5. The highest BCUT2D eigenvalue weighted by molar-refractivity contribution is 5.81. The van der Waals surface area contributed by atoms with E-state index in [1.165, 1.54) is 0 Å². The van der Waals surface area contributed by atoms with Crippen LogP contribution in [0, 0.1) is 0 Å². The van der Waals surface area contributed by atoms with Gasteiger partial charge in [-0.15, -0.1) is 0 Å². The first-order chi connectivity index (χ1) is 13.6. The van der Waals surface area contributed by atoms with Gasteiger partial charge in [0.15, 0.2) is 0 Å². The maximum Gasteiger partial charge on any atom is 0.407 e. The van der Waals surface area contributed by atoms with Crippen molar-refractivity contribution in [3.8, 4) is 11.1 Å². The molecular weight excluding hydrogens is 354 g/mol. The fourth-order valence-corrected chi connectivity index (χ4v) is 3.45. The fraction of sp³-hybridized carbons (Fsp3) is 0.391. The SMILES string of the molecule is CC.CCCCC(NC(=O)OCC1c2ccccc2-c2ccccc21)C(=O)O. The smallest absolute Gasteiger partial charge is 0.407 e. The van der Waals surface area contributed by atoms with E-state index in [0.29, 0.717) is 6.42 Å². The average molecular weight is 383 g/mol. The first kappa shape index (κ1) is 21.5. The predicted octanol–water partition coefficient (Wildman–Crippen LogP) is 5.19. The molecule has 2 aromatic carbocycles. The molecule has 0 spiro atoms. The molecule has 1 atom stereocenters. The summed E-state index contributed by atoms with van der Waals surface area (Å²) in [6.45, 7) is 6.16. The van der Waals surface area contributed by atoms with E-state index in [-0.39, 0.29) is 12.5 Å². The summed E-state index contributed by atoms with van der Waals surface area (Å²) in [7, 11) is 0. The Kier molecular flexibility index (Phi) is 8.05. The molecule has 0 aromatic heterocycles. The van der Waals surface area contributed by atoms with Crippen molar-refractivity contribution < 1.29 is 19.4 Å². The molecule has 0 fully saturated rings. The zero-order valence-corrected chi connectivity index (χ0v) is 16.8. The molecule has 2 aromatic rings. The van der Waals surface area contributed by atoms with Gasteiger partial charge in [-0.05, 0) is 28.7 Å². The molecule has 5 nitrogen and oxygen atoms in total. The van der Waals surface area contributed by atoms with E-state index in [1.54, 1.807) is 0 Å². The molecule has 0 radical (unpaired) electrons. The van der Waals surface area contributed by atoms with Crippen LogP contribution in [0.3, 0.4) is 0 Å². The average Bonchev–Trinajstić information content (AvgIpc) is 3.05. The number of ether oxygens (including phenoxy) is 1. The Morgan fingerprint density at radius 3 is 2.07 bits per heavy atom. The highest BCUT2D eigenvalue weighted by Crippen LogP contribution is 2.44. The minimum Gasteiger partial charge on any atom is -0.480 e. The van der Waals surface area contributed by atoms with Crippen LogP contribution >= 0.6 is 0 Å². The number of carbonyl (C=O) groups excluding carboxylic acids is 1. The molecule has 0 saturated carbocycles. The van der Waals surface area contributed by atoms with Crippen molar-refractivity contribution >= 4 is 12.1 Å². The third-order valence-corrected chi connectivity index (χ3v) is 4.78. The van der Waals surface area contributed by atoms with E-state index in [4.69, 9.17) is 4.74 Å². The van der Waals surface area contributed by atoms with Crippen LogP contribution < -0.4 is 5.32 Å². The number of unbranched alkanes of at least 4 members (excludes halogenated alkanes) is 1. The quantitative estimate of drug-likeness (QED) is 0.689. The summed E-state index contributed by atoms with van der Waals surface area (Å²) in [5.74, 6) is -1.07. The second-order valence-corrected chi connectivity index (χ2v) is 6.50. The summed E-state index contributed by atoms with van der Waals surface area (Å²) in [6.07, 6.45) is 1.32. The van der Waals surface area contributed by atoms with E-state index in [0.717, 1.165) is 35.1 Å². The Balaban J connectivity index is 0.00000136. The first-order valence-electron chi connectivity index (χ1n) is 9.96. The topological polar surface area (TPSA) is 75.6 Å². The fourth-order valence-electron chi connectivity index (χ4n) is 3.45. The maximum atomic E-state index is 12.1. The minimum absolute atomic E-state index is 0.0351. The Morgan fingerprint density at radius 1 is 1.04 bits per heavy atom. The molecule has 5 heteroatoms. The molecule has 1 aliphatic carbocycles. The van der Waals surface area contributed by atoms with Gasteiger partial charge in [-0.1, -0.05) is 82.1 Å². The maximum absolute atomic E-state index is 12.1. The van der Waals surface area contributed by atoms with E-state index >= 15 is 0 Å². The van der Waals surface area contributed by atoms with Crippen LogP contribution in [0.25, 0.3) is 11.1 Å². The minimum atomic E-state index is -1.04. The predicted molar refractivity (Wildman–Crippen MR) is 111 cm³/mol. The number of hydrogen-bond acceptors (Lipinski definition) is 3. The highest BCUT2D eigenvalue weighted by atomic mass is 16.5. The Hall–Kier alpha value is -2.82. The lowest BCUT2D eigenvalue weighted by Crippen LogP contribution is -2.41. The van der Waals surface area contributed by atoms with Crippen molar-refractivity contribution in [1.82, 2.24) is 5.32 Å². The standard InChI is InChI=1S/C21H23NO4.C2H6/c1-2-3-12-19(20(23)24)22-21(25)26-13-18-16-10-6-4-8-14(16)15-9-5-7-11-17(15)18;1-2/h4-11,18-19H,2-3,12-13H2,1H3,(H,22,25)(H,23,24);1-2H3. The second-order valence-electron chi connectivity index (χ2n) is 6.50. The number of fused-ring (bicyclic) bond motifs is 3. The summed E-state index contributed by atoms with van der Waals surface area (Å²) in [5.41, 5.74) is 4.57. The van der Waals surface area contributed by atoms with Crippen molar-refractivity contribution in [2.75, 3.05) is 6.61 Å². The van der Waals surface area contributed by atoms with E-state index in [1.807, 2.05) is 57.2 Å². The molecule has 0 bridgehead atoms. The molecule has 28 heavy (non-hydrogen) atoms. The summed E-state index contributed by atoms with van der Waals surface area (Å²) >= 11 is 0. The number of nitrogens with one attached hydrogen (secondary N) is 1. The van der Waals surface area contributed by atoms with Crippen molar-refractivity contribution in [2.24, 2.45) is 0 Å².